The van der Waals surface area contributed by atoms with Crippen LogP contribution in [0, 0.1) is 0 Å². The summed E-state index contributed by atoms with van der Waals surface area (Å²) in [6, 6.07) is 0. The quantitative estimate of drug-likeness (QED) is 0.697. The molecule has 2 rings (SSSR count). The summed E-state index contributed by atoms with van der Waals surface area (Å²) in [5.74, 6) is 0. The Balaban J connectivity index is 1.92. The van der Waals surface area contributed by atoms with Gasteiger partial charge in [0.1, 0.15) is 0 Å². The highest BCUT2D eigenvalue weighted by Gasteiger charge is 2.47. The maximum atomic E-state index is 5.80. The minimum Gasteiger partial charge on any atom is -0.380 e. The lowest BCUT2D eigenvalue weighted by Gasteiger charge is -2.37. The molecule has 0 aromatic carbocycles. The van der Waals surface area contributed by atoms with Gasteiger partial charge in [-0.3, -0.25) is 4.90 Å². The predicted octanol–water partition coefficient (Wildman–Crippen LogP) is 0.588. The molecule has 0 bridgehead atoms. The third-order valence-corrected chi connectivity index (χ3v) is 3.59. The zero-order chi connectivity index (χ0) is 9.31. The fourth-order valence-corrected chi connectivity index (χ4v) is 2.36. The Morgan fingerprint density at radius 2 is 2.31 bits per heavy atom. The van der Waals surface area contributed by atoms with E-state index in [2.05, 4.69) is 4.90 Å². The number of likely N-dealkylation sites (tertiary alicyclic amines) is 1. The van der Waals surface area contributed by atoms with Gasteiger partial charge in [0.25, 0.3) is 0 Å². The summed E-state index contributed by atoms with van der Waals surface area (Å²) in [4.78, 5) is 2.55. The molecule has 1 unspecified atom stereocenters. The first-order valence-corrected chi connectivity index (χ1v) is 5.29. The molecule has 1 saturated carbocycles. The maximum absolute atomic E-state index is 5.80. The van der Waals surface area contributed by atoms with Gasteiger partial charge in [0.05, 0.1) is 6.10 Å². The molecule has 2 N–H and O–H groups in total. The second kappa shape index (κ2) is 3.56. The van der Waals surface area contributed by atoms with Crippen LogP contribution in [0.2, 0.25) is 0 Å². The fourth-order valence-electron chi connectivity index (χ4n) is 2.36. The molecule has 0 radical (unpaired) electrons. The van der Waals surface area contributed by atoms with Gasteiger partial charge in [0, 0.05) is 25.7 Å². The lowest BCUT2D eigenvalue weighted by atomic mass is 10.0. The second-order valence-corrected chi connectivity index (χ2v) is 4.37. The Morgan fingerprint density at radius 1 is 1.54 bits per heavy atom. The first-order valence-electron chi connectivity index (χ1n) is 5.29. The van der Waals surface area contributed by atoms with Crippen LogP contribution in [-0.2, 0) is 4.74 Å². The number of nitrogens with zero attached hydrogens (tertiary/aromatic N) is 1. The molecule has 1 heterocycles. The van der Waals surface area contributed by atoms with Gasteiger partial charge in [0.15, 0.2) is 0 Å². The zero-order valence-electron chi connectivity index (χ0n) is 8.46. The number of nitrogens with two attached hydrogens (primary N) is 1. The highest BCUT2D eigenvalue weighted by molar-refractivity contribution is 5.05. The minimum atomic E-state index is 0.372. The van der Waals surface area contributed by atoms with Crippen LogP contribution in [0.5, 0.6) is 0 Å². The van der Waals surface area contributed by atoms with Crippen LogP contribution < -0.4 is 5.73 Å². The van der Waals surface area contributed by atoms with Crippen molar-refractivity contribution in [2.75, 3.05) is 26.7 Å². The topological polar surface area (TPSA) is 38.5 Å². The summed E-state index contributed by atoms with van der Waals surface area (Å²) in [5.41, 5.74) is 6.18. The van der Waals surface area contributed by atoms with E-state index < -0.39 is 0 Å². The predicted molar refractivity (Wildman–Crippen MR) is 52.6 cm³/mol. The van der Waals surface area contributed by atoms with Crippen molar-refractivity contribution >= 4 is 0 Å². The summed E-state index contributed by atoms with van der Waals surface area (Å²) in [6.45, 7) is 3.13. The average molecular weight is 184 g/mol. The molecule has 1 atom stereocenters. The molecule has 13 heavy (non-hydrogen) atoms. The van der Waals surface area contributed by atoms with Crippen LogP contribution in [0.15, 0.2) is 0 Å². The molecule has 0 spiro atoms. The molecule has 76 valence electrons. The molecule has 1 saturated heterocycles. The van der Waals surface area contributed by atoms with E-state index in [0.717, 1.165) is 13.1 Å². The molecule has 1 aliphatic heterocycles. The van der Waals surface area contributed by atoms with Crippen molar-refractivity contribution in [3.05, 3.63) is 0 Å². The largest absolute Gasteiger partial charge is 0.380 e. The van der Waals surface area contributed by atoms with E-state index in [9.17, 15) is 0 Å². The Labute approximate surface area is 80.2 Å². The summed E-state index contributed by atoms with van der Waals surface area (Å²) in [7, 11) is 1.82. The lowest BCUT2D eigenvalue weighted by Crippen LogP contribution is -2.49. The van der Waals surface area contributed by atoms with Gasteiger partial charge in [-0.05, 0) is 32.2 Å². The van der Waals surface area contributed by atoms with Crippen molar-refractivity contribution in [3.63, 3.8) is 0 Å². The molecular formula is C10H20N2O. The number of rotatable bonds is 3. The molecule has 0 aromatic rings. The molecule has 1 aliphatic carbocycles. The maximum Gasteiger partial charge on any atom is 0.0698 e. The number of hydrogen-bond donors (Lipinski definition) is 1. The Kier molecular flexibility index (Phi) is 2.58. The summed E-state index contributed by atoms with van der Waals surface area (Å²) in [5, 5.41) is 0. The molecule has 0 aromatic heterocycles. The van der Waals surface area contributed by atoms with Gasteiger partial charge < -0.3 is 10.5 Å². The normalized spacial score (nSPS) is 33.2. The Morgan fingerprint density at radius 3 is 2.85 bits per heavy atom. The minimum absolute atomic E-state index is 0.372. The van der Waals surface area contributed by atoms with E-state index in [-0.39, 0.29) is 0 Å². The third kappa shape index (κ3) is 1.73. The van der Waals surface area contributed by atoms with Crippen LogP contribution in [0.1, 0.15) is 25.7 Å². The van der Waals surface area contributed by atoms with Crippen molar-refractivity contribution in [2.24, 2.45) is 5.73 Å². The van der Waals surface area contributed by atoms with Gasteiger partial charge in [-0.25, -0.2) is 0 Å². The fraction of sp³-hybridized carbons (Fsp3) is 1.00. The third-order valence-electron chi connectivity index (χ3n) is 3.59. The van der Waals surface area contributed by atoms with Gasteiger partial charge in [0.2, 0.25) is 0 Å². The van der Waals surface area contributed by atoms with Crippen molar-refractivity contribution < 1.29 is 4.74 Å². The van der Waals surface area contributed by atoms with E-state index in [0.29, 0.717) is 11.6 Å². The van der Waals surface area contributed by atoms with E-state index in [4.69, 9.17) is 10.5 Å². The number of methoxy groups -OCH3 is 1. The van der Waals surface area contributed by atoms with Crippen molar-refractivity contribution in [1.29, 1.82) is 0 Å². The van der Waals surface area contributed by atoms with Crippen LogP contribution in [0.3, 0.4) is 0 Å². The molecule has 2 fully saturated rings. The summed E-state index contributed by atoms with van der Waals surface area (Å²) < 4.78 is 5.41. The first kappa shape index (κ1) is 9.44. The molecule has 3 nitrogen and oxygen atoms in total. The highest BCUT2D eigenvalue weighted by atomic mass is 16.5. The van der Waals surface area contributed by atoms with Crippen LogP contribution >= 0.6 is 0 Å². The van der Waals surface area contributed by atoms with Crippen molar-refractivity contribution in [1.82, 2.24) is 4.90 Å². The SMILES string of the molecule is COC1CCCN(C2(CN)CC2)C1. The monoisotopic (exact) mass is 184 g/mol. The first-order chi connectivity index (χ1) is 6.30. The molecule has 3 heteroatoms. The molecule has 0 amide bonds. The highest BCUT2D eigenvalue weighted by Crippen LogP contribution is 2.42. The lowest BCUT2D eigenvalue weighted by molar-refractivity contribution is 0.0103. The number of ether oxygens (including phenoxy) is 1. The summed E-state index contributed by atoms with van der Waals surface area (Å²) in [6.07, 6.45) is 5.51. The molecular weight excluding hydrogens is 164 g/mol. The Hall–Kier alpha value is -0.120. The van der Waals surface area contributed by atoms with Crippen molar-refractivity contribution in [2.45, 2.75) is 37.3 Å². The standard InChI is InChI=1S/C10H20N2O/c1-13-9-3-2-6-12(7-9)10(8-11)4-5-10/h9H,2-8,11H2,1H3. The summed E-state index contributed by atoms with van der Waals surface area (Å²) >= 11 is 0. The van der Waals surface area contributed by atoms with E-state index in [1.54, 1.807) is 0 Å². The van der Waals surface area contributed by atoms with Gasteiger partial charge in [-0.2, -0.15) is 0 Å². The van der Waals surface area contributed by atoms with Crippen LogP contribution in [-0.4, -0.2) is 43.3 Å². The van der Waals surface area contributed by atoms with Crippen LogP contribution in [0.25, 0.3) is 0 Å². The average Bonchev–Trinajstić information content (AvgIpc) is 2.99. The number of hydrogen-bond acceptors (Lipinski definition) is 3. The van der Waals surface area contributed by atoms with E-state index in [1.165, 1.54) is 32.2 Å². The Bertz CT molecular complexity index is 180. The van der Waals surface area contributed by atoms with Crippen LogP contribution in [0.4, 0.5) is 0 Å². The van der Waals surface area contributed by atoms with Gasteiger partial charge in [-0.1, -0.05) is 0 Å². The second-order valence-electron chi connectivity index (χ2n) is 4.37. The number of piperidine rings is 1. The van der Waals surface area contributed by atoms with E-state index >= 15 is 0 Å². The van der Waals surface area contributed by atoms with Gasteiger partial charge in [-0.15, -0.1) is 0 Å². The zero-order valence-corrected chi connectivity index (χ0v) is 8.46. The van der Waals surface area contributed by atoms with E-state index in [1.807, 2.05) is 7.11 Å². The molecule has 2 aliphatic rings. The van der Waals surface area contributed by atoms with Gasteiger partial charge >= 0.3 is 0 Å². The van der Waals surface area contributed by atoms with Crippen molar-refractivity contribution in [3.8, 4) is 0 Å². The smallest absolute Gasteiger partial charge is 0.0698 e.